The molecule has 6 heteroatoms. The van der Waals surface area contributed by atoms with Gasteiger partial charge in [0.25, 0.3) is 0 Å². The molecule has 0 aromatic heterocycles. The number of hydrogen-bond donors (Lipinski definition) is 3. The molecular weight excluding hydrogens is 356 g/mol. The molecule has 2 saturated carbocycles. The summed E-state index contributed by atoms with van der Waals surface area (Å²) >= 11 is 0. The second kappa shape index (κ2) is 9.71. The van der Waals surface area contributed by atoms with Gasteiger partial charge in [-0.05, 0) is 44.1 Å². The zero-order valence-corrected chi connectivity index (χ0v) is 16.2. The number of carboxylic acids is 1. The first-order valence-corrected chi connectivity index (χ1v) is 10.4. The molecule has 6 nitrogen and oxygen atoms in total. The predicted octanol–water partition coefficient (Wildman–Crippen LogP) is 2.66. The number of aliphatic carboxylic acids is 1. The van der Waals surface area contributed by atoms with Gasteiger partial charge in [-0.2, -0.15) is 0 Å². The Kier molecular flexibility index (Phi) is 7.06. The fourth-order valence-corrected chi connectivity index (χ4v) is 4.35. The highest BCUT2D eigenvalue weighted by Gasteiger charge is 2.31. The van der Waals surface area contributed by atoms with E-state index >= 15 is 0 Å². The van der Waals surface area contributed by atoms with Gasteiger partial charge in [0.2, 0.25) is 11.8 Å². The number of hydrogen-bond acceptors (Lipinski definition) is 3. The van der Waals surface area contributed by atoms with Gasteiger partial charge in [-0.15, -0.1) is 0 Å². The second-order valence-corrected chi connectivity index (χ2v) is 8.13. The van der Waals surface area contributed by atoms with Gasteiger partial charge in [0.05, 0.1) is 0 Å². The molecule has 2 aliphatic rings. The first kappa shape index (κ1) is 20.4. The van der Waals surface area contributed by atoms with Crippen LogP contribution in [0.15, 0.2) is 30.3 Å². The molecule has 3 N–H and O–H groups in total. The lowest BCUT2D eigenvalue weighted by Crippen LogP contribution is -2.47. The van der Waals surface area contributed by atoms with E-state index in [1.54, 1.807) is 0 Å². The van der Waals surface area contributed by atoms with Gasteiger partial charge >= 0.3 is 5.97 Å². The fourth-order valence-electron chi connectivity index (χ4n) is 4.35. The van der Waals surface area contributed by atoms with Crippen molar-refractivity contribution in [3.05, 3.63) is 35.9 Å². The number of rotatable bonds is 7. The molecule has 0 heterocycles. The summed E-state index contributed by atoms with van der Waals surface area (Å²) in [6.07, 6.45) is 7.42. The van der Waals surface area contributed by atoms with Gasteiger partial charge in [0.15, 0.2) is 0 Å². The Morgan fingerprint density at radius 1 is 0.893 bits per heavy atom. The Morgan fingerprint density at radius 2 is 1.50 bits per heavy atom. The molecule has 1 atom stereocenters. The monoisotopic (exact) mass is 386 g/mol. The summed E-state index contributed by atoms with van der Waals surface area (Å²) in [5.74, 6) is -1.06. The van der Waals surface area contributed by atoms with Crippen LogP contribution in [0.1, 0.15) is 56.9 Å². The standard InChI is InChI=1S/C22H30N2O4/c25-20(16-8-4-5-9-16)23-18-12-10-17(11-13-18)21(26)24-19(22(27)28)14-15-6-2-1-3-7-15/h1-3,6-7,16-19H,4-5,8-14H2,(H,23,25)(H,24,26)(H,27,28)/t17?,18?,19-/m0/s1. The van der Waals surface area contributed by atoms with Gasteiger partial charge in [-0.25, -0.2) is 4.79 Å². The van der Waals surface area contributed by atoms with E-state index in [-0.39, 0.29) is 36.1 Å². The normalized spacial score (nSPS) is 23.7. The lowest BCUT2D eigenvalue weighted by Gasteiger charge is -2.30. The largest absolute Gasteiger partial charge is 0.480 e. The van der Waals surface area contributed by atoms with Gasteiger partial charge in [0.1, 0.15) is 6.04 Å². The van der Waals surface area contributed by atoms with Gasteiger partial charge in [-0.1, -0.05) is 43.2 Å². The highest BCUT2D eigenvalue weighted by molar-refractivity contribution is 5.85. The van der Waals surface area contributed by atoms with Crippen molar-refractivity contribution in [2.24, 2.45) is 11.8 Å². The van der Waals surface area contributed by atoms with E-state index in [9.17, 15) is 19.5 Å². The maximum Gasteiger partial charge on any atom is 0.326 e. The van der Waals surface area contributed by atoms with Crippen molar-refractivity contribution in [1.29, 1.82) is 0 Å². The van der Waals surface area contributed by atoms with Crippen LogP contribution in [-0.2, 0) is 20.8 Å². The van der Waals surface area contributed by atoms with Crippen LogP contribution in [0.25, 0.3) is 0 Å². The van der Waals surface area contributed by atoms with Crippen molar-refractivity contribution in [1.82, 2.24) is 10.6 Å². The zero-order chi connectivity index (χ0) is 19.9. The zero-order valence-electron chi connectivity index (χ0n) is 16.2. The van der Waals surface area contributed by atoms with E-state index in [1.165, 1.54) is 0 Å². The average molecular weight is 386 g/mol. The topological polar surface area (TPSA) is 95.5 Å². The summed E-state index contributed by atoms with van der Waals surface area (Å²) in [4.78, 5) is 36.4. The molecule has 0 bridgehead atoms. The van der Waals surface area contributed by atoms with Crippen LogP contribution < -0.4 is 10.6 Å². The summed E-state index contributed by atoms with van der Waals surface area (Å²) in [6.45, 7) is 0. The van der Waals surface area contributed by atoms with Crippen LogP contribution in [0, 0.1) is 11.8 Å². The van der Waals surface area contributed by atoms with Crippen molar-refractivity contribution in [2.75, 3.05) is 0 Å². The third-order valence-corrected chi connectivity index (χ3v) is 6.07. The Balaban J connectivity index is 1.45. The van der Waals surface area contributed by atoms with E-state index < -0.39 is 12.0 Å². The van der Waals surface area contributed by atoms with Crippen molar-refractivity contribution in [3.8, 4) is 0 Å². The molecule has 0 unspecified atom stereocenters. The molecule has 2 amide bonds. The number of amides is 2. The van der Waals surface area contributed by atoms with Gasteiger partial charge < -0.3 is 15.7 Å². The third-order valence-electron chi connectivity index (χ3n) is 6.07. The fraction of sp³-hybridized carbons (Fsp3) is 0.591. The number of carbonyl (C=O) groups is 3. The third kappa shape index (κ3) is 5.57. The molecule has 3 rings (SSSR count). The van der Waals surface area contributed by atoms with E-state index in [0.717, 1.165) is 44.1 Å². The molecule has 0 spiro atoms. The lowest BCUT2D eigenvalue weighted by molar-refractivity contribution is -0.142. The first-order chi connectivity index (χ1) is 13.5. The van der Waals surface area contributed by atoms with Crippen molar-refractivity contribution < 1.29 is 19.5 Å². The summed E-state index contributed by atoms with van der Waals surface area (Å²) in [7, 11) is 0. The smallest absolute Gasteiger partial charge is 0.326 e. The Morgan fingerprint density at radius 3 is 2.11 bits per heavy atom. The maximum atomic E-state index is 12.6. The van der Waals surface area contributed by atoms with Crippen LogP contribution in [0.2, 0.25) is 0 Å². The van der Waals surface area contributed by atoms with Crippen LogP contribution in [0.3, 0.4) is 0 Å². The number of nitrogens with one attached hydrogen (secondary N) is 2. The van der Waals surface area contributed by atoms with Gasteiger partial charge in [-0.3, -0.25) is 9.59 Å². The van der Waals surface area contributed by atoms with E-state index in [4.69, 9.17) is 0 Å². The molecule has 0 aliphatic heterocycles. The number of benzene rings is 1. The highest BCUT2D eigenvalue weighted by atomic mass is 16.4. The van der Waals surface area contributed by atoms with E-state index in [2.05, 4.69) is 10.6 Å². The highest BCUT2D eigenvalue weighted by Crippen LogP contribution is 2.28. The SMILES string of the molecule is O=C(NC1CCC(C(=O)N[C@@H](Cc2ccccc2)C(=O)O)CC1)C1CCCC1. The minimum absolute atomic E-state index is 0.136. The molecule has 0 saturated heterocycles. The minimum atomic E-state index is -1.02. The van der Waals surface area contributed by atoms with E-state index in [1.807, 2.05) is 30.3 Å². The second-order valence-electron chi connectivity index (χ2n) is 8.13. The lowest BCUT2D eigenvalue weighted by atomic mass is 9.85. The summed E-state index contributed by atoms with van der Waals surface area (Å²) in [5.41, 5.74) is 0.883. The number of carboxylic acid groups (broad SMARTS) is 1. The first-order valence-electron chi connectivity index (χ1n) is 10.4. The van der Waals surface area contributed by atoms with Crippen LogP contribution in [-0.4, -0.2) is 35.0 Å². The van der Waals surface area contributed by atoms with Crippen molar-refractivity contribution >= 4 is 17.8 Å². The quantitative estimate of drug-likeness (QED) is 0.671. The Bertz CT molecular complexity index is 677. The molecule has 152 valence electrons. The Hall–Kier alpha value is -2.37. The molecule has 0 radical (unpaired) electrons. The molecule has 2 aliphatic carbocycles. The van der Waals surface area contributed by atoms with Crippen molar-refractivity contribution in [3.63, 3.8) is 0 Å². The molecular formula is C22H30N2O4. The van der Waals surface area contributed by atoms with Crippen LogP contribution in [0.4, 0.5) is 0 Å². The molecule has 2 fully saturated rings. The maximum absolute atomic E-state index is 12.6. The predicted molar refractivity (Wildman–Crippen MR) is 106 cm³/mol. The Labute approximate surface area is 166 Å². The summed E-state index contributed by atoms with van der Waals surface area (Å²) < 4.78 is 0. The molecule has 28 heavy (non-hydrogen) atoms. The minimum Gasteiger partial charge on any atom is -0.480 e. The summed E-state index contributed by atoms with van der Waals surface area (Å²) in [6, 6.07) is 8.53. The summed E-state index contributed by atoms with van der Waals surface area (Å²) in [5, 5.41) is 15.3. The number of carbonyl (C=O) groups excluding carboxylic acids is 2. The van der Waals surface area contributed by atoms with E-state index in [0.29, 0.717) is 12.8 Å². The van der Waals surface area contributed by atoms with Crippen molar-refractivity contribution in [2.45, 2.75) is 69.9 Å². The van der Waals surface area contributed by atoms with Crippen LogP contribution >= 0.6 is 0 Å². The van der Waals surface area contributed by atoms with Gasteiger partial charge in [0, 0.05) is 24.3 Å². The average Bonchev–Trinajstić information content (AvgIpc) is 3.24. The molecule has 1 aromatic carbocycles. The molecule has 1 aromatic rings. The van der Waals surface area contributed by atoms with Crippen LogP contribution in [0.5, 0.6) is 0 Å².